The second-order valence-corrected chi connectivity index (χ2v) is 6.31. The molecule has 0 radical (unpaired) electrons. The Bertz CT molecular complexity index is 536. The van der Waals surface area contributed by atoms with Crippen LogP contribution in [0.4, 0.5) is 15.8 Å². The Hall–Kier alpha value is -1.58. The first kappa shape index (κ1) is 14.4. The van der Waals surface area contributed by atoms with Gasteiger partial charge in [-0.2, -0.15) is 0 Å². The average Bonchev–Trinajstić information content (AvgIpc) is 2.49. The van der Waals surface area contributed by atoms with E-state index in [0.29, 0.717) is 24.6 Å². The predicted octanol–water partition coefficient (Wildman–Crippen LogP) is 4.09. The van der Waals surface area contributed by atoms with Crippen molar-refractivity contribution in [2.75, 3.05) is 10.6 Å². The largest absolute Gasteiger partial charge is 0.380 e. The molecule has 1 saturated carbocycles. The first-order valence-corrected chi connectivity index (χ1v) is 8.04. The Morgan fingerprint density at radius 1 is 1.24 bits per heavy atom. The standard InChI is InChI=1S/C17H23FN2O/c1-2-11-3-6-13(7-4-11)19-16-10-15-12(9-14(16)18)5-8-17(21)20-15/h9-11,13,19H,2-8H2,1H3,(H,20,21). The van der Waals surface area contributed by atoms with Gasteiger partial charge < -0.3 is 10.6 Å². The fourth-order valence-corrected chi connectivity index (χ4v) is 3.44. The van der Waals surface area contributed by atoms with Gasteiger partial charge in [-0.3, -0.25) is 4.79 Å². The van der Waals surface area contributed by atoms with Crippen LogP contribution in [0.15, 0.2) is 12.1 Å². The van der Waals surface area contributed by atoms with Gasteiger partial charge in [-0.1, -0.05) is 13.3 Å². The van der Waals surface area contributed by atoms with Gasteiger partial charge in [0.15, 0.2) is 0 Å². The molecule has 4 heteroatoms. The van der Waals surface area contributed by atoms with Gasteiger partial charge in [-0.15, -0.1) is 0 Å². The minimum atomic E-state index is -0.206. The van der Waals surface area contributed by atoms with E-state index < -0.39 is 0 Å². The van der Waals surface area contributed by atoms with Gasteiger partial charge in [0.2, 0.25) is 5.91 Å². The Morgan fingerprint density at radius 3 is 2.71 bits per heavy atom. The molecule has 0 bridgehead atoms. The number of amides is 1. The molecule has 1 amide bonds. The number of benzene rings is 1. The summed E-state index contributed by atoms with van der Waals surface area (Å²) in [5.41, 5.74) is 2.18. The second-order valence-electron chi connectivity index (χ2n) is 6.31. The summed E-state index contributed by atoms with van der Waals surface area (Å²) >= 11 is 0. The third kappa shape index (κ3) is 3.20. The van der Waals surface area contributed by atoms with Crippen LogP contribution in [0.3, 0.4) is 0 Å². The van der Waals surface area contributed by atoms with Crippen molar-refractivity contribution in [3.63, 3.8) is 0 Å². The zero-order chi connectivity index (χ0) is 14.8. The summed E-state index contributed by atoms with van der Waals surface area (Å²) in [6.07, 6.45) is 6.95. The number of carbonyl (C=O) groups excluding carboxylic acids is 1. The molecule has 1 aromatic rings. The van der Waals surface area contributed by atoms with Crippen molar-refractivity contribution in [2.45, 2.75) is 57.9 Å². The highest BCUT2D eigenvalue weighted by Crippen LogP contribution is 2.32. The Labute approximate surface area is 125 Å². The Kier molecular flexibility index (Phi) is 4.13. The lowest BCUT2D eigenvalue weighted by Gasteiger charge is -2.29. The topological polar surface area (TPSA) is 41.1 Å². The molecule has 0 spiro atoms. The number of rotatable bonds is 3. The van der Waals surface area contributed by atoms with E-state index >= 15 is 0 Å². The van der Waals surface area contributed by atoms with Gasteiger partial charge in [0.1, 0.15) is 5.82 Å². The van der Waals surface area contributed by atoms with Crippen LogP contribution in [0.2, 0.25) is 0 Å². The summed E-state index contributed by atoms with van der Waals surface area (Å²) in [4.78, 5) is 11.5. The van der Waals surface area contributed by atoms with E-state index in [-0.39, 0.29) is 11.7 Å². The minimum absolute atomic E-state index is 0.0171. The maximum absolute atomic E-state index is 14.2. The lowest BCUT2D eigenvalue weighted by atomic mass is 9.84. The second kappa shape index (κ2) is 6.04. The van der Waals surface area contributed by atoms with Crippen LogP contribution in [0.5, 0.6) is 0 Å². The lowest BCUT2D eigenvalue weighted by Crippen LogP contribution is -2.27. The highest BCUT2D eigenvalue weighted by Gasteiger charge is 2.22. The third-order valence-corrected chi connectivity index (χ3v) is 4.87. The van der Waals surface area contributed by atoms with Crippen molar-refractivity contribution in [2.24, 2.45) is 5.92 Å². The maximum Gasteiger partial charge on any atom is 0.224 e. The van der Waals surface area contributed by atoms with E-state index in [2.05, 4.69) is 17.6 Å². The van der Waals surface area contributed by atoms with Gasteiger partial charge in [-0.05, 0) is 55.7 Å². The monoisotopic (exact) mass is 290 g/mol. The van der Waals surface area contributed by atoms with Crippen molar-refractivity contribution in [1.82, 2.24) is 0 Å². The summed E-state index contributed by atoms with van der Waals surface area (Å²) in [6.45, 7) is 2.24. The zero-order valence-electron chi connectivity index (χ0n) is 12.5. The number of halogens is 1. The van der Waals surface area contributed by atoms with Crippen LogP contribution in [-0.2, 0) is 11.2 Å². The molecular formula is C17H23FN2O. The number of aryl methyl sites for hydroxylation is 1. The summed E-state index contributed by atoms with van der Waals surface area (Å²) in [7, 11) is 0. The molecule has 0 aromatic heterocycles. The minimum Gasteiger partial charge on any atom is -0.380 e. The van der Waals surface area contributed by atoms with Crippen molar-refractivity contribution >= 4 is 17.3 Å². The number of anilines is 2. The van der Waals surface area contributed by atoms with Gasteiger partial charge in [-0.25, -0.2) is 4.39 Å². The van der Waals surface area contributed by atoms with Crippen molar-refractivity contribution in [3.05, 3.63) is 23.5 Å². The van der Waals surface area contributed by atoms with E-state index in [1.165, 1.54) is 19.3 Å². The predicted molar refractivity (Wildman–Crippen MR) is 83.0 cm³/mol. The number of nitrogens with one attached hydrogen (secondary N) is 2. The first-order valence-electron chi connectivity index (χ1n) is 8.04. The molecule has 1 heterocycles. The molecule has 0 unspecified atom stereocenters. The van der Waals surface area contributed by atoms with E-state index in [4.69, 9.17) is 0 Å². The normalized spacial score (nSPS) is 25.1. The SMILES string of the molecule is CCC1CCC(Nc2cc3c(cc2F)CCC(=O)N3)CC1. The molecule has 21 heavy (non-hydrogen) atoms. The summed E-state index contributed by atoms with van der Waals surface area (Å²) in [6, 6.07) is 3.67. The molecule has 1 aliphatic carbocycles. The number of hydrogen-bond donors (Lipinski definition) is 2. The zero-order valence-corrected chi connectivity index (χ0v) is 12.5. The van der Waals surface area contributed by atoms with Gasteiger partial charge in [0.05, 0.1) is 5.69 Å². The summed E-state index contributed by atoms with van der Waals surface area (Å²) in [5, 5.41) is 6.17. The van der Waals surface area contributed by atoms with E-state index in [9.17, 15) is 9.18 Å². The Morgan fingerprint density at radius 2 is 2.00 bits per heavy atom. The highest BCUT2D eigenvalue weighted by molar-refractivity contribution is 5.94. The van der Waals surface area contributed by atoms with E-state index in [1.807, 2.05) is 0 Å². The van der Waals surface area contributed by atoms with Gasteiger partial charge >= 0.3 is 0 Å². The van der Waals surface area contributed by atoms with Crippen molar-refractivity contribution in [1.29, 1.82) is 0 Å². The van der Waals surface area contributed by atoms with Crippen LogP contribution in [0, 0.1) is 11.7 Å². The van der Waals surface area contributed by atoms with Gasteiger partial charge in [0, 0.05) is 18.2 Å². The molecule has 3 rings (SSSR count). The van der Waals surface area contributed by atoms with Crippen LogP contribution >= 0.6 is 0 Å². The molecule has 2 N–H and O–H groups in total. The molecule has 1 fully saturated rings. The first-order chi connectivity index (χ1) is 10.2. The van der Waals surface area contributed by atoms with Crippen LogP contribution < -0.4 is 10.6 Å². The molecule has 1 aromatic carbocycles. The fourth-order valence-electron chi connectivity index (χ4n) is 3.44. The van der Waals surface area contributed by atoms with E-state index in [1.54, 1.807) is 12.1 Å². The quantitative estimate of drug-likeness (QED) is 0.880. The summed E-state index contributed by atoms with van der Waals surface area (Å²) in [5.74, 6) is 0.641. The van der Waals surface area contributed by atoms with Crippen LogP contribution in [0.25, 0.3) is 0 Å². The van der Waals surface area contributed by atoms with Crippen LogP contribution in [0.1, 0.15) is 51.0 Å². The molecule has 0 atom stereocenters. The van der Waals surface area contributed by atoms with Crippen LogP contribution in [-0.4, -0.2) is 11.9 Å². The molecule has 3 nitrogen and oxygen atoms in total. The molecule has 2 aliphatic rings. The molecule has 114 valence electrons. The fraction of sp³-hybridized carbons (Fsp3) is 0.588. The van der Waals surface area contributed by atoms with Gasteiger partial charge in [0.25, 0.3) is 0 Å². The highest BCUT2D eigenvalue weighted by atomic mass is 19.1. The Balaban J connectivity index is 1.71. The smallest absolute Gasteiger partial charge is 0.224 e. The molecule has 1 aliphatic heterocycles. The number of fused-ring (bicyclic) bond motifs is 1. The van der Waals surface area contributed by atoms with Crippen molar-refractivity contribution in [3.8, 4) is 0 Å². The molecule has 0 saturated heterocycles. The number of carbonyl (C=O) groups is 1. The average molecular weight is 290 g/mol. The summed E-state index contributed by atoms with van der Waals surface area (Å²) < 4.78 is 14.2. The lowest BCUT2D eigenvalue weighted by molar-refractivity contribution is -0.116. The maximum atomic E-state index is 14.2. The third-order valence-electron chi connectivity index (χ3n) is 4.87. The molecular weight excluding hydrogens is 267 g/mol. The van der Waals surface area contributed by atoms with E-state index in [0.717, 1.165) is 30.0 Å². The van der Waals surface area contributed by atoms with Crippen molar-refractivity contribution < 1.29 is 9.18 Å². The number of hydrogen-bond acceptors (Lipinski definition) is 2.